The summed E-state index contributed by atoms with van der Waals surface area (Å²) in [5, 5.41) is 9.77. The second-order valence-corrected chi connectivity index (χ2v) is 7.09. The highest BCUT2D eigenvalue weighted by molar-refractivity contribution is 5.69. The van der Waals surface area contributed by atoms with Gasteiger partial charge < -0.3 is 9.84 Å². The Morgan fingerprint density at radius 1 is 0.750 bits per heavy atom. The number of rotatable bonds is 18. The highest BCUT2D eigenvalue weighted by Gasteiger charge is 2.03. The van der Waals surface area contributed by atoms with Crippen molar-refractivity contribution in [2.24, 2.45) is 0 Å². The topological polar surface area (TPSA) is 46.5 Å². The van der Waals surface area contributed by atoms with Gasteiger partial charge in [0.05, 0.1) is 12.7 Å². The van der Waals surface area contributed by atoms with Crippen LogP contribution >= 0.6 is 0 Å². The molecule has 1 N–H and O–H groups in total. The van der Waals surface area contributed by atoms with Gasteiger partial charge in [-0.05, 0) is 25.7 Å². The van der Waals surface area contributed by atoms with Crippen LogP contribution in [0.1, 0.15) is 117 Å². The summed E-state index contributed by atoms with van der Waals surface area (Å²) < 4.78 is 5.20. The lowest BCUT2D eigenvalue weighted by molar-refractivity contribution is -0.143. The van der Waals surface area contributed by atoms with E-state index in [2.05, 4.69) is 13.8 Å². The number of carbonyl (C=O) groups excluding carboxylic acids is 1. The second kappa shape index (κ2) is 18.8. The molecule has 0 aliphatic rings. The Kier molecular flexibility index (Phi) is 18.3. The third kappa shape index (κ3) is 17.8. The van der Waals surface area contributed by atoms with E-state index in [1.54, 1.807) is 0 Å². The molecule has 0 aromatic carbocycles. The summed E-state index contributed by atoms with van der Waals surface area (Å²) in [5.74, 6) is -0.0206. The van der Waals surface area contributed by atoms with E-state index in [9.17, 15) is 9.90 Å². The molecule has 0 saturated heterocycles. The molecule has 3 nitrogen and oxygen atoms in total. The zero-order valence-corrected chi connectivity index (χ0v) is 16.4. The van der Waals surface area contributed by atoms with E-state index >= 15 is 0 Å². The number of unbranched alkanes of at least 4 members (excludes halogenated alkanes) is 10. The van der Waals surface area contributed by atoms with Gasteiger partial charge >= 0.3 is 5.97 Å². The first kappa shape index (κ1) is 23.4. The van der Waals surface area contributed by atoms with Gasteiger partial charge in [-0.15, -0.1) is 0 Å². The highest BCUT2D eigenvalue weighted by atomic mass is 16.5. The standard InChI is InChI=1S/C21H42O3/c1-3-5-15-19-24-21(23)18-14-12-10-8-7-9-11-13-17-20(22)16-6-4-2/h20,22H,3-19H2,1-2H3. The summed E-state index contributed by atoms with van der Waals surface area (Å²) in [5.41, 5.74) is 0. The summed E-state index contributed by atoms with van der Waals surface area (Å²) >= 11 is 0. The molecule has 0 aliphatic carbocycles. The number of aliphatic hydroxyl groups excluding tert-OH is 1. The van der Waals surface area contributed by atoms with Crippen LogP contribution in [0.3, 0.4) is 0 Å². The maximum atomic E-state index is 11.5. The molecule has 24 heavy (non-hydrogen) atoms. The van der Waals surface area contributed by atoms with Crippen LogP contribution in [-0.4, -0.2) is 23.8 Å². The molecule has 0 aromatic rings. The van der Waals surface area contributed by atoms with Crippen LogP contribution in [0.25, 0.3) is 0 Å². The van der Waals surface area contributed by atoms with Crippen molar-refractivity contribution >= 4 is 5.97 Å². The van der Waals surface area contributed by atoms with Crippen molar-refractivity contribution < 1.29 is 14.6 Å². The molecule has 0 amide bonds. The van der Waals surface area contributed by atoms with Crippen molar-refractivity contribution in [3.05, 3.63) is 0 Å². The molecule has 0 bridgehead atoms. The van der Waals surface area contributed by atoms with Crippen molar-refractivity contribution in [1.82, 2.24) is 0 Å². The van der Waals surface area contributed by atoms with Gasteiger partial charge in [0.2, 0.25) is 0 Å². The second-order valence-electron chi connectivity index (χ2n) is 7.09. The summed E-state index contributed by atoms with van der Waals surface area (Å²) in [6, 6.07) is 0. The van der Waals surface area contributed by atoms with Crippen molar-refractivity contribution in [1.29, 1.82) is 0 Å². The van der Waals surface area contributed by atoms with Crippen LogP contribution in [0.15, 0.2) is 0 Å². The number of carbonyl (C=O) groups is 1. The molecule has 1 unspecified atom stereocenters. The SMILES string of the molecule is CCCCCOC(=O)CCCCCCCCCCC(O)CCCC. The van der Waals surface area contributed by atoms with Crippen LogP contribution < -0.4 is 0 Å². The summed E-state index contributed by atoms with van der Waals surface area (Å²) in [4.78, 5) is 11.5. The normalized spacial score (nSPS) is 12.3. The Hall–Kier alpha value is -0.570. The van der Waals surface area contributed by atoms with Crippen molar-refractivity contribution in [3.63, 3.8) is 0 Å². The molecule has 0 saturated carbocycles. The van der Waals surface area contributed by atoms with E-state index in [0.29, 0.717) is 13.0 Å². The molecule has 144 valence electrons. The van der Waals surface area contributed by atoms with Crippen LogP contribution in [0.4, 0.5) is 0 Å². The van der Waals surface area contributed by atoms with Crippen LogP contribution in [0.5, 0.6) is 0 Å². The molecule has 3 heteroatoms. The third-order valence-corrected chi connectivity index (χ3v) is 4.57. The molecule has 1 atom stereocenters. The Morgan fingerprint density at radius 3 is 1.92 bits per heavy atom. The first-order valence-electron chi connectivity index (χ1n) is 10.5. The molecule has 0 rings (SSSR count). The molecule has 0 heterocycles. The minimum absolute atomic E-state index is 0.0206. The maximum absolute atomic E-state index is 11.5. The predicted molar refractivity (Wildman–Crippen MR) is 102 cm³/mol. The van der Waals surface area contributed by atoms with Gasteiger partial charge in [0.25, 0.3) is 0 Å². The molecular formula is C21H42O3. The number of hydrogen-bond acceptors (Lipinski definition) is 3. The van der Waals surface area contributed by atoms with Crippen LogP contribution in [-0.2, 0) is 9.53 Å². The fourth-order valence-electron chi connectivity index (χ4n) is 2.90. The average Bonchev–Trinajstić information content (AvgIpc) is 2.58. The first-order chi connectivity index (χ1) is 11.7. The lowest BCUT2D eigenvalue weighted by Gasteiger charge is -2.09. The minimum atomic E-state index is -0.0771. The van der Waals surface area contributed by atoms with Gasteiger partial charge in [-0.25, -0.2) is 0 Å². The first-order valence-corrected chi connectivity index (χ1v) is 10.5. The zero-order valence-electron chi connectivity index (χ0n) is 16.4. The molecule has 0 fully saturated rings. The molecule has 0 aliphatic heterocycles. The summed E-state index contributed by atoms with van der Waals surface area (Å²) in [6.07, 6.45) is 17.6. The van der Waals surface area contributed by atoms with E-state index < -0.39 is 0 Å². The lowest BCUT2D eigenvalue weighted by atomic mass is 10.0. The van der Waals surface area contributed by atoms with Crippen LogP contribution in [0.2, 0.25) is 0 Å². The number of hydrogen-bond donors (Lipinski definition) is 1. The number of esters is 1. The Morgan fingerprint density at radius 2 is 1.29 bits per heavy atom. The quantitative estimate of drug-likeness (QED) is 0.239. The van der Waals surface area contributed by atoms with Gasteiger partial charge in [0.15, 0.2) is 0 Å². The molecule has 0 spiro atoms. The number of ether oxygens (including phenoxy) is 1. The zero-order chi connectivity index (χ0) is 17.9. The van der Waals surface area contributed by atoms with Crippen molar-refractivity contribution in [2.45, 2.75) is 123 Å². The van der Waals surface area contributed by atoms with Gasteiger partial charge in [0, 0.05) is 6.42 Å². The van der Waals surface area contributed by atoms with Crippen molar-refractivity contribution in [3.8, 4) is 0 Å². The van der Waals surface area contributed by atoms with E-state index in [4.69, 9.17) is 4.74 Å². The van der Waals surface area contributed by atoms with Gasteiger partial charge in [0.1, 0.15) is 0 Å². The largest absolute Gasteiger partial charge is 0.466 e. The predicted octanol–water partition coefficient (Wildman–Crippen LogP) is 6.17. The fourth-order valence-corrected chi connectivity index (χ4v) is 2.90. The smallest absolute Gasteiger partial charge is 0.305 e. The Balaban J connectivity index is 3.18. The molecular weight excluding hydrogens is 300 g/mol. The third-order valence-electron chi connectivity index (χ3n) is 4.57. The van der Waals surface area contributed by atoms with E-state index in [-0.39, 0.29) is 12.1 Å². The fraction of sp³-hybridized carbons (Fsp3) is 0.952. The van der Waals surface area contributed by atoms with E-state index in [0.717, 1.165) is 57.8 Å². The highest BCUT2D eigenvalue weighted by Crippen LogP contribution is 2.13. The van der Waals surface area contributed by atoms with Gasteiger partial charge in [-0.1, -0.05) is 84.5 Å². The Bertz CT molecular complexity index is 266. The summed E-state index contributed by atoms with van der Waals surface area (Å²) in [7, 11) is 0. The summed E-state index contributed by atoms with van der Waals surface area (Å²) in [6.45, 7) is 4.92. The minimum Gasteiger partial charge on any atom is -0.466 e. The Labute approximate surface area is 150 Å². The molecule has 0 aromatic heterocycles. The molecule has 0 radical (unpaired) electrons. The van der Waals surface area contributed by atoms with E-state index in [1.165, 1.54) is 38.5 Å². The van der Waals surface area contributed by atoms with E-state index in [1.807, 2.05) is 0 Å². The average molecular weight is 343 g/mol. The monoisotopic (exact) mass is 342 g/mol. The number of aliphatic hydroxyl groups is 1. The van der Waals surface area contributed by atoms with Gasteiger partial charge in [-0.2, -0.15) is 0 Å². The van der Waals surface area contributed by atoms with Crippen LogP contribution in [0, 0.1) is 0 Å². The lowest BCUT2D eigenvalue weighted by Crippen LogP contribution is -2.05. The van der Waals surface area contributed by atoms with Crippen molar-refractivity contribution in [2.75, 3.05) is 6.61 Å². The van der Waals surface area contributed by atoms with Gasteiger partial charge in [-0.3, -0.25) is 4.79 Å². The maximum Gasteiger partial charge on any atom is 0.305 e.